The van der Waals surface area contributed by atoms with Crippen LogP contribution in [0.4, 0.5) is 0 Å². The molecule has 0 aliphatic heterocycles. The van der Waals surface area contributed by atoms with Gasteiger partial charge in [-0.15, -0.1) is 0 Å². The number of rotatable bonds is 0. The Morgan fingerprint density at radius 1 is 1.71 bits per heavy atom. The fraction of sp³-hybridized carbons (Fsp3) is 0. The molecule has 1 heterocycles. The van der Waals surface area contributed by atoms with Gasteiger partial charge in [0, 0.05) is 0 Å². The average Bonchev–Trinajstić information content (AvgIpc) is 1.86. The molecule has 0 bridgehead atoms. The van der Waals surface area contributed by atoms with E-state index in [1.807, 2.05) is 0 Å². The van der Waals surface area contributed by atoms with Crippen LogP contribution < -0.4 is 51.4 Å². The number of aromatic amines is 2. The third-order valence-electron chi connectivity index (χ3n) is 0.425. The second kappa shape index (κ2) is 3.93. The molecule has 32 valence electrons. The van der Waals surface area contributed by atoms with Gasteiger partial charge in [0.1, 0.15) is 4.64 Å². The van der Waals surface area contributed by atoms with Crippen LogP contribution in [-0.4, -0.2) is 15.4 Å². The summed E-state index contributed by atoms with van der Waals surface area (Å²) >= 11 is 4.60. The Kier molecular flexibility index (Phi) is 4.49. The molecule has 0 unspecified atom stereocenters. The number of hydrogen-bond acceptors (Lipinski definition) is 2. The van der Waals surface area contributed by atoms with Crippen molar-refractivity contribution in [2.45, 2.75) is 0 Å². The molecular formula is C2H3KN3S+. The normalized spacial score (nSPS) is 7.43. The van der Waals surface area contributed by atoms with Gasteiger partial charge in [0.15, 0.2) is 0 Å². The zero-order valence-corrected chi connectivity index (χ0v) is 7.87. The molecule has 5 heteroatoms. The van der Waals surface area contributed by atoms with Crippen molar-refractivity contribution in [2.24, 2.45) is 0 Å². The Morgan fingerprint density at radius 2 is 2.43 bits per heavy atom. The molecule has 7 heavy (non-hydrogen) atoms. The summed E-state index contributed by atoms with van der Waals surface area (Å²) in [6, 6.07) is 0. The molecule has 0 amide bonds. The van der Waals surface area contributed by atoms with Crippen LogP contribution in [0.25, 0.3) is 0 Å². The molecule has 1 aromatic heterocycles. The topological polar surface area (TPSA) is 44.5 Å². The second-order valence-corrected chi connectivity index (χ2v) is 1.30. The molecule has 0 aromatic carbocycles. The van der Waals surface area contributed by atoms with Crippen LogP contribution in [0.3, 0.4) is 0 Å². The van der Waals surface area contributed by atoms with E-state index in [2.05, 4.69) is 27.6 Å². The monoisotopic (exact) mass is 140 g/mol. The Bertz CT molecular complexity index is 151. The van der Waals surface area contributed by atoms with Gasteiger partial charge in [-0.25, -0.2) is 5.21 Å². The van der Waals surface area contributed by atoms with Gasteiger partial charge in [0.25, 0.3) is 0 Å². The summed E-state index contributed by atoms with van der Waals surface area (Å²) in [5, 5.41) is 8.57. The van der Waals surface area contributed by atoms with Crippen molar-refractivity contribution >= 4 is 12.2 Å². The van der Waals surface area contributed by atoms with Crippen LogP contribution in [0.2, 0.25) is 0 Å². The van der Waals surface area contributed by atoms with Crippen molar-refractivity contribution in [3.63, 3.8) is 0 Å². The van der Waals surface area contributed by atoms with E-state index in [0.717, 1.165) is 0 Å². The first-order chi connectivity index (χ1) is 2.89. The fourth-order valence-electron chi connectivity index (χ4n) is 0.211. The minimum Gasteiger partial charge on any atom is -0.273 e. The van der Waals surface area contributed by atoms with E-state index < -0.39 is 0 Å². The molecule has 2 N–H and O–H groups in total. The molecule has 0 saturated heterocycles. The molecular weight excluding hydrogens is 137 g/mol. The molecule has 0 aliphatic carbocycles. The van der Waals surface area contributed by atoms with Crippen molar-refractivity contribution in [2.75, 3.05) is 0 Å². The molecule has 0 fully saturated rings. The van der Waals surface area contributed by atoms with Crippen LogP contribution in [0.5, 0.6) is 0 Å². The van der Waals surface area contributed by atoms with Gasteiger partial charge < -0.3 is 0 Å². The summed E-state index contributed by atoms with van der Waals surface area (Å²) in [6.45, 7) is 0. The quantitative estimate of drug-likeness (QED) is 0.308. The van der Waals surface area contributed by atoms with E-state index in [4.69, 9.17) is 0 Å². The molecule has 0 atom stereocenters. The fourth-order valence-corrected chi connectivity index (χ4v) is 0.309. The van der Waals surface area contributed by atoms with Gasteiger partial charge in [0.2, 0.25) is 0 Å². The Balaban J connectivity index is 0.000000360. The van der Waals surface area contributed by atoms with Crippen LogP contribution >= 0.6 is 12.2 Å². The number of nitrogens with zero attached hydrogens (tertiary/aromatic N) is 1. The minimum absolute atomic E-state index is 0. The van der Waals surface area contributed by atoms with E-state index in [1.54, 1.807) is 0 Å². The first-order valence-electron chi connectivity index (χ1n) is 1.47. The first-order valence-corrected chi connectivity index (χ1v) is 1.88. The van der Waals surface area contributed by atoms with Crippen molar-refractivity contribution in [3.8, 4) is 0 Å². The largest absolute Gasteiger partial charge is 1.00 e. The number of H-pyrrole nitrogens is 2. The molecule has 1 aromatic rings. The van der Waals surface area contributed by atoms with Gasteiger partial charge in [-0.05, 0) is 0 Å². The number of aromatic nitrogens is 3. The smallest absolute Gasteiger partial charge is 0.273 e. The van der Waals surface area contributed by atoms with Gasteiger partial charge in [-0.2, -0.15) is 5.10 Å². The van der Waals surface area contributed by atoms with Crippen molar-refractivity contribution in [1.29, 1.82) is 0 Å². The van der Waals surface area contributed by atoms with E-state index in [9.17, 15) is 0 Å². The number of nitrogens with one attached hydrogen (secondary N) is 2. The zero-order chi connectivity index (χ0) is 4.41. The van der Waals surface area contributed by atoms with E-state index in [-0.39, 0.29) is 51.4 Å². The second-order valence-electron chi connectivity index (χ2n) is 0.859. The Morgan fingerprint density at radius 3 is 2.57 bits per heavy atom. The summed E-state index contributed by atoms with van der Waals surface area (Å²) in [4.78, 5) is 0. The molecule has 3 nitrogen and oxygen atoms in total. The van der Waals surface area contributed by atoms with Crippen molar-refractivity contribution < 1.29 is 51.4 Å². The average molecular weight is 140 g/mol. The third-order valence-corrected chi connectivity index (χ3v) is 0.633. The zero-order valence-electron chi connectivity index (χ0n) is 3.93. The Hall–Kier alpha value is 0.996. The summed E-state index contributed by atoms with van der Waals surface area (Å²) in [5.41, 5.74) is 0. The van der Waals surface area contributed by atoms with E-state index >= 15 is 0 Å². The molecule has 0 spiro atoms. The van der Waals surface area contributed by atoms with Crippen LogP contribution in [0.1, 0.15) is 0 Å². The number of hydrogen-bond donors (Lipinski definition) is 2. The maximum atomic E-state index is 4.60. The van der Waals surface area contributed by atoms with Crippen LogP contribution in [-0.2, 0) is 0 Å². The summed E-state index contributed by atoms with van der Waals surface area (Å²) < 4.78 is 0.634. The SMILES string of the molecule is S=c1cn[nH][nH]1.[K+]. The predicted octanol–water partition coefficient (Wildman–Crippen LogP) is -2.53. The van der Waals surface area contributed by atoms with Crippen molar-refractivity contribution in [3.05, 3.63) is 10.8 Å². The predicted molar refractivity (Wildman–Crippen MR) is 23.8 cm³/mol. The summed E-state index contributed by atoms with van der Waals surface area (Å²) in [5.74, 6) is 0. The van der Waals surface area contributed by atoms with Gasteiger partial charge in [0.05, 0.1) is 6.20 Å². The van der Waals surface area contributed by atoms with Gasteiger partial charge in [-0.3, -0.25) is 5.10 Å². The van der Waals surface area contributed by atoms with Crippen LogP contribution in [0, 0.1) is 4.64 Å². The van der Waals surface area contributed by atoms with E-state index in [1.165, 1.54) is 6.20 Å². The third kappa shape index (κ3) is 2.73. The molecule has 0 saturated carbocycles. The molecule has 0 aliphatic rings. The first kappa shape index (κ1) is 8.00. The summed E-state index contributed by atoms with van der Waals surface area (Å²) in [6.07, 6.45) is 1.54. The Labute approximate surface area is 88.3 Å². The van der Waals surface area contributed by atoms with Gasteiger partial charge >= 0.3 is 51.4 Å². The maximum absolute atomic E-state index is 4.60. The summed E-state index contributed by atoms with van der Waals surface area (Å²) in [7, 11) is 0. The van der Waals surface area contributed by atoms with E-state index in [0.29, 0.717) is 4.64 Å². The standard InChI is InChI=1S/C2H3N3S.K/c6-2-1-3-5-4-2;/h1H,(H2,3,4,5,6);/q;+1. The maximum Gasteiger partial charge on any atom is 1.00 e. The molecule has 0 radical (unpaired) electrons. The van der Waals surface area contributed by atoms with Gasteiger partial charge in [-0.1, -0.05) is 12.2 Å². The minimum atomic E-state index is 0. The molecule has 1 rings (SSSR count). The van der Waals surface area contributed by atoms with Crippen LogP contribution in [0.15, 0.2) is 6.20 Å². The van der Waals surface area contributed by atoms with Crippen molar-refractivity contribution in [1.82, 2.24) is 15.4 Å².